The predicted molar refractivity (Wildman–Crippen MR) is 83.2 cm³/mol. The molecule has 0 radical (unpaired) electrons. The molecule has 0 aliphatic carbocycles. The highest BCUT2D eigenvalue weighted by molar-refractivity contribution is 14.2. The van der Waals surface area contributed by atoms with Crippen LogP contribution in [-0.4, -0.2) is 16.2 Å². The Morgan fingerprint density at radius 3 is 3.24 bits per heavy atom. The molecule has 0 aromatic carbocycles. The van der Waals surface area contributed by atoms with Gasteiger partial charge in [-0.25, -0.2) is 4.98 Å². The number of halogens is 1. The van der Waals surface area contributed by atoms with Crippen molar-refractivity contribution in [2.45, 2.75) is 0 Å². The molecule has 3 N–H and O–H groups in total. The lowest BCUT2D eigenvalue weighted by atomic mass is 10.2. The largest absolute Gasteiger partial charge is 0.404 e. The number of pyridine rings is 1. The number of nitrogens with zero attached hydrogens (tertiary/aromatic N) is 2. The van der Waals surface area contributed by atoms with E-state index in [0.717, 1.165) is 0 Å². The lowest BCUT2D eigenvalue weighted by Gasteiger charge is -2.00. The molecule has 2 heterocycles. The second kappa shape index (κ2) is 5.70. The molecule has 0 aliphatic rings. The maximum absolute atomic E-state index is 11.8. The van der Waals surface area contributed by atoms with E-state index in [1.807, 2.05) is 0 Å². The van der Waals surface area contributed by atoms with Crippen molar-refractivity contribution in [2.75, 3.05) is 0 Å². The van der Waals surface area contributed by atoms with Gasteiger partial charge in [0.05, 0.1) is 23.1 Å². The summed E-state index contributed by atoms with van der Waals surface area (Å²) in [5.74, 6) is 0. The Labute approximate surface area is 116 Å². The van der Waals surface area contributed by atoms with Crippen LogP contribution in [0.15, 0.2) is 27.3 Å². The molecule has 0 aliphatic heterocycles. The fraction of sp³-hybridized carbons (Fsp3) is 0. The molecule has 0 fully saturated rings. The van der Waals surface area contributed by atoms with E-state index in [0.29, 0.717) is 27.9 Å². The Balaban J connectivity index is 2.55. The highest BCUT2D eigenvalue weighted by Crippen LogP contribution is 2.23. The number of hydrogen-bond donors (Lipinski definition) is 2. The fourth-order valence-corrected chi connectivity index (χ4v) is 2.60. The molecule has 2 rings (SSSR count). The third-order valence-electron chi connectivity index (χ3n) is 2.07. The fourth-order valence-electron chi connectivity index (χ4n) is 1.33. The Kier molecular flexibility index (Phi) is 4.25. The maximum atomic E-state index is 11.8. The van der Waals surface area contributed by atoms with Crippen LogP contribution in [0.25, 0.3) is 15.8 Å². The minimum atomic E-state index is -0.148. The normalized spacial score (nSPS) is 13.4. The molecule has 5 nitrogen and oxygen atoms in total. The van der Waals surface area contributed by atoms with E-state index in [1.54, 1.807) is 17.8 Å². The van der Waals surface area contributed by atoms with Crippen molar-refractivity contribution in [2.24, 2.45) is 10.5 Å². The van der Waals surface area contributed by atoms with Crippen molar-refractivity contribution in [3.8, 4) is 0 Å². The summed E-state index contributed by atoms with van der Waals surface area (Å²) in [4.78, 5) is 18.7. The first kappa shape index (κ1) is 12.7. The summed E-state index contributed by atoms with van der Waals surface area (Å²) in [5.41, 5.74) is 9.02. The minimum absolute atomic E-state index is 0.148. The Hall–Kier alpha value is -0.790. The van der Waals surface area contributed by atoms with E-state index in [-0.39, 0.29) is 5.56 Å². The van der Waals surface area contributed by atoms with Gasteiger partial charge in [-0.05, 0) is 28.1 Å². The number of H-pyrrole nitrogens is 1. The summed E-state index contributed by atoms with van der Waals surface area (Å²) in [6.45, 7) is 0. The van der Waals surface area contributed by atoms with Crippen LogP contribution in [0.4, 0.5) is 0 Å². The quantitative estimate of drug-likeness (QED) is 0.489. The van der Waals surface area contributed by atoms with Crippen molar-refractivity contribution in [1.82, 2.24) is 9.97 Å². The number of aromatic nitrogens is 2. The summed E-state index contributed by atoms with van der Waals surface area (Å²) in [6, 6.07) is 1.80. The zero-order chi connectivity index (χ0) is 12.3. The van der Waals surface area contributed by atoms with Crippen molar-refractivity contribution in [3.05, 3.63) is 33.8 Å². The lowest BCUT2D eigenvalue weighted by molar-refractivity contribution is 1.24. The van der Waals surface area contributed by atoms with Gasteiger partial charge in [0.1, 0.15) is 4.70 Å². The average molecular weight is 378 g/mol. The van der Waals surface area contributed by atoms with Crippen LogP contribution in [-0.2, 0) is 0 Å². The molecule has 1 unspecified atom stereocenters. The predicted octanol–water partition coefficient (Wildman–Crippen LogP) is 2.30. The van der Waals surface area contributed by atoms with Crippen LogP contribution < -0.4 is 11.3 Å². The van der Waals surface area contributed by atoms with Gasteiger partial charge in [0.25, 0.3) is 5.56 Å². The number of thiazole rings is 1. The van der Waals surface area contributed by atoms with Gasteiger partial charge < -0.3 is 10.7 Å². The first-order chi connectivity index (χ1) is 8.26. The molecule has 0 saturated carbocycles. The van der Waals surface area contributed by atoms with Crippen molar-refractivity contribution in [3.63, 3.8) is 0 Å². The summed E-state index contributed by atoms with van der Waals surface area (Å²) in [5, 5.41) is 0. The minimum Gasteiger partial charge on any atom is -0.404 e. The molecule has 2 aromatic rings. The molecule has 0 saturated heterocycles. The number of hydrogen-bond acceptors (Lipinski definition) is 5. The standard InChI is InChI=1S/C9H8IN4OPS/c10-16-13-3-5(2-11)6-1-7-8(9(15)14-6)17-4-12-7/h1-4,16H,11H2,(H,14,15)/b5-2+,13-3+. The zero-order valence-corrected chi connectivity index (χ0v) is 12.4. The van der Waals surface area contributed by atoms with Crippen LogP contribution in [0.1, 0.15) is 5.69 Å². The van der Waals surface area contributed by atoms with Gasteiger partial charge in [-0.2, -0.15) is 0 Å². The summed E-state index contributed by atoms with van der Waals surface area (Å²) >= 11 is 3.48. The molecule has 0 spiro atoms. The molecular weight excluding hydrogens is 370 g/mol. The van der Waals surface area contributed by atoms with Gasteiger partial charge in [-0.3, -0.25) is 9.56 Å². The Morgan fingerprint density at radius 1 is 1.71 bits per heavy atom. The molecule has 88 valence electrons. The molecule has 0 amide bonds. The van der Waals surface area contributed by atoms with Crippen molar-refractivity contribution in [1.29, 1.82) is 0 Å². The molecule has 2 aromatic heterocycles. The highest BCUT2D eigenvalue weighted by atomic mass is 127. The van der Waals surface area contributed by atoms with E-state index in [9.17, 15) is 4.79 Å². The Morgan fingerprint density at radius 2 is 2.53 bits per heavy atom. The van der Waals surface area contributed by atoms with Gasteiger partial charge in [0.2, 0.25) is 0 Å². The molecule has 0 bridgehead atoms. The number of nitrogens with one attached hydrogen (secondary N) is 1. The Bertz CT molecular complexity index is 648. The van der Waals surface area contributed by atoms with Gasteiger partial charge in [0, 0.05) is 18.0 Å². The van der Waals surface area contributed by atoms with Crippen LogP contribution >= 0.6 is 39.8 Å². The molecule has 17 heavy (non-hydrogen) atoms. The molecular formula is C9H8IN4OPS. The zero-order valence-electron chi connectivity index (χ0n) is 8.48. The third-order valence-corrected chi connectivity index (χ3v) is 3.98. The number of allylic oxidation sites excluding steroid dienone is 1. The SMILES string of the molecule is N/C=C(\C=N\PI)c1cc2ncsc2c(=O)[nH]1. The molecule has 8 heteroatoms. The van der Waals surface area contributed by atoms with Crippen LogP contribution in [0.3, 0.4) is 0 Å². The van der Waals surface area contributed by atoms with E-state index >= 15 is 0 Å². The highest BCUT2D eigenvalue weighted by Gasteiger charge is 2.06. The first-order valence-corrected chi connectivity index (χ1v) is 9.48. The number of rotatable bonds is 3. The van der Waals surface area contributed by atoms with Crippen molar-refractivity contribution < 1.29 is 0 Å². The van der Waals surface area contributed by atoms with Gasteiger partial charge in [-0.1, -0.05) is 0 Å². The van der Waals surface area contributed by atoms with Crippen LogP contribution in [0, 0.1) is 0 Å². The van der Waals surface area contributed by atoms with Gasteiger partial charge >= 0.3 is 0 Å². The summed E-state index contributed by atoms with van der Waals surface area (Å²) < 4.78 is 4.74. The number of fused-ring (bicyclic) bond motifs is 1. The number of aromatic amines is 1. The van der Waals surface area contributed by atoms with Gasteiger partial charge in [0.15, 0.2) is 0 Å². The summed E-state index contributed by atoms with van der Waals surface area (Å²) in [6.07, 6.45) is 3.49. The van der Waals surface area contributed by atoms with E-state index in [1.165, 1.54) is 17.5 Å². The maximum Gasteiger partial charge on any atom is 0.268 e. The smallest absolute Gasteiger partial charge is 0.268 e. The second-order valence-electron chi connectivity index (χ2n) is 3.04. The number of nitrogens with two attached hydrogens (primary N) is 1. The van der Waals surface area contributed by atoms with Crippen LogP contribution in [0.5, 0.6) is 0 Å². The topological polar surface area (TPSA) is 84.1 Å². The molecule has 1 atom stereocenters. The lowest BCUT2D eigenvalue weighted by Crippen LogP contribution is -2.08. The van der Waals surface area contributed by atoms with Gasteiger partial charge in [-0.15, -0.1) is 11.3 Å². The summed E-state index contributed by atoms with van der Waals surface area (Å²) in [7, 11) is 0. The van der Waals surface area contributed by atoms with Crippen LogP contribution in [0.2, 0.25) is 0 Å². The van der Waals surface area contributed by atoms with E-state index in [4.69, 9.17) is 5.73 Å². The average Bonchev–Trinajstić information content (AvgIpc) is 2.79. The second-order valence-corrected chi connectivity index (χ2v) is 5.77. The monoisotopic (exact) mass is 378 g/mol. The van der Waals surface area contributed by atoms with E-state index in [2.05, 4.69) is 36.8 Å². The third kappa shape index (κ3) is 2.72. The van der Waals surface area contributed by atoms with Crippen molar-refractivity contribution >= 4 is 61.8 Å². The van der Waals surface area contributed by atoms with E-state index < -0.39 is 0 Å². The first-order valence-electron chi connectivity index (χ1n) is 4.53.